The van der Waals surface area contributed by atoms with Crippen LogP contribution in [0.4, 0.5) is 0 Å². The normalized spacial score (nSPS) is 17.4. The summed E-state index contributed by atoms with van der Waals surface area (Å²) in [6.07, 6.45) is 4.65. The summed E-state index contributed by atoms with van der Waals surface area (Å²) in [6.45, 7) is 11.2. The highest BCUT2D eigenvalue weighted by atomic mass is 32.1. The van der Waals surface area contributed by atoms with Gasteiger partial charge in [-0.1, -0.05) is 71.0 Å². The van der Waals surface area contributed by atoms with Crippen molar-refractivity contribution >= 4 is 34.8 Å². The van der Waals surface area contributed by atoms with E-state index >= 15 is 0 Å². The molecule has 3 amide bonds. The van der Waals surface area contributed by atoms with Crippen LogP contribution in [-0.4, -0.2) is 54.7 Å². The number of nitrogens with one attached hydrogen (secondary N) is 3. The zero-order valence-corrected chi connectivity index (χ0v) is 28.7. The average molecular weight is 709 g/mol. The topological polar surface area (TPSA) is 204 Å². The average Bonchev–Trinajstić information content (AvgIpc) is 3.97. The van der Waals surface area contributed by atoms with E-state index in [4.69, 9.17) is 17.7 Å². The summed E-state index contributed by atoms with van der Waals surface area (Å²) >= 11 is 1.29. The second kappa shape index (κ2) is 13.6. The Hall–Kier alpha value is -6.16. The lowest BCUT2D eigenvalue weighted by atomic mass is 9.96. The molecule has 0 saturated carbocycles. The van der Waals surface area contributed by atoms with Crippen molar-refractivity contribution in [3.63, 3.8) is 0 Å². The largest absolute Gasteiger partial charge is 0.443 e. The van der Waals surface area contributed by atoms with Gasteiger partial charge in [-0.3, -0.25) is 14.4 Å². The first-order chi connectivity index (χ1) is 24.6. The number of thiazole rings is 1. The summed E-state index contributed by atoms with van der Waals surface area (Å²) in [6, 6.07) is 6.94. The Morgan fingerprint density at radius 1 is 0.765 bits per heavy atom. The van der Waals surface area contributed by atoms with Gasteiger partial charge in [0.05, 0.1) is 5.70 Å². The molecule has 0 spiro atoms. The fourth-order valence-electron chi connectivity index (χ4n) is 5.32. The fourth-order valence-corrected chi connectivity index (χ4v) is 6.06. The monoisotopic (exact) mass is 708 g/mol. The van der Waals surface area contributed by atoms with E-state index in [9.17, 15) is 14.4 Å². The van der Waals surface area contributed by atoms with E-state index < -0.39 is 29.8 Å². The third kappa shape index (κ3) is 6.60. The lowest BCUT2D eigenvalue weighted by Gasteiger charge is -2.27. The highest BCUT2D eigenvalue weighted by Crippen LogP contribution is 2.34. The molecule has 1 aromatic carbocycles. The van der Waals surface area contributed by atoms with Gasteiger partial charge in [-0.2, -0.15) is 0 Å². The molecule has 5 aromatic heterocycles. The number of hydrogen-bond acceptors (Lipinski definition) is 13. The van der Waals surface area contributed by atoms with Crippen LogP contribution in [0.15, 0.2) is 78.7 Å². The molecule has 1 aliphatic heterocycles. The van der Waals surface area contributed by atoms with Gasteiger partial charge in [-0.05, 0) is 11.8 Å². The first-order valence-corrected chi connectivity index (χ1v) is 17.0. The van der Waals surface area contributed by atoms with Gasteiger partial charge in [0, 0.05) is 10.9 Å². The molecule has 0 unspecified atom stereocenters. The van der Waals surface area contributed by atoms with Crippen LogP contribution in [0.3, 0.4) is 0 Å². The smallest absolute Gasteiger partial charge is 0.274 e. The van der Waals surface area contributed by atoms with Gasteiger partial charge in [0.25, 0.3) is 5.91 Å². The standard InChI is InChI=1S/C35H32N8O7S/c1-6-17(4)25-29(45)41-24(16(2)3)28(44)36-18(5)31-37-20(12-47-31)32-39-22(14-49-32)35-40-23(15-51-35)33-38-21(13-48-33)34-43-26(30(46)42-25)27(50-34)19-10-8-7-9-11-19/h7-17,24-25H,5-6H2,1-4H3,(H,36,44)(H,41,45)(H,42,46)/t17-,24+,25-/m1/s1. The van der Waals surface area contributed by atoms with Crippen LogP contribution in [-0.2, 0) is 9.59 Å². The number of amides is 3. The second-order valence-corrected chi connectivity index (χ2v) is 13.1. The van der Waals surface area contributed by atoms with Gasteiger partial charge in [-0.15, -0.1) is 11.3 Å². The van der Waals surface area contributed by atoms with Crippen LogP contribution in [0.5, 0.6) is 0 Å². The molecule has 0 saturated heterocycles. The third-order valence-electron chi connectivity index (χ3n) is 8.33. The Balaban J connectivity index is 1.31. The van der Waals surface area contributed by atoms with Crippen LogP contribution in [0.25, 0.3) is 62.5 Å². The molecule has 16 heteroatoms. The SMILES string of the molecule is C=C1NC(=O)[C@H](C(C)C)NC(=O)[C@@H]([C@H](C)CC)NC(=O)c2nc(oc2-c2ccccc2)-c2coc(n2)-c2csc(n2)-c2coc(n2)-c2coc1n2. The van der Waals surface area contributed by atoms with E-state index in [0.717, 1.165) is 0 Å². The molecule has 0 fully saturated rings. The number of hydrogen-bond donors (Lipinski definition) is 3. The van der Waals surface area contributed by atoms with Gasteiger partial charge in [-0.25, -0.2) is 24.9 Å². The minimum Gasteiger partial charge on any atom is -0.443 e. The molecule has 6 aromatic rings. The van der Waals surface area contributed by atoms with Crippen molar-refractivity contribution in [2.45, 2.75) is 46.2 Å². The molecule has 1 aliphatic rings. The third-order valence-corrected chi connectivity index (χ3v) is 9.20. The predicted octanol–water partition coefficient (Wildman–Crippen LogP) is 5.82. The highest BCUT2D eigenvalue weighted by molar-refractivity contribution is 7.13. The van der Waals surface area contributed by atoms with Gasteiger partial charge < -0.3 is 33.6 Å². The summed E-state index contributed by atoms with van der Waals surface area (Å²) in [5.74, 6) is -1.88. The maximum absolute atomic E-state index is 14.0. The van der Waals surface area contributed by atoms with E-state index in [2.05, 4.69) is 47.4 Å². The first kappa shape index (κ1) is 33.3. The zero-order valence-electron chi connectivity index (χ0n) is 27.9. The van der Waals surface area contributed by atoms with E-state index in [-0.39, 0.29) is 63.9 Å². The number of aromatic nitrogens is 5. The predicted molar refractivity (Wildman–Crippen MR) is 184 cm³/mol. The van der Waals surface area contributed by atoms with Crippen LogP contribution < -0.4 is 16.0 Å². The van der Waals surface area contributed by atoms with E-state index in [0.29, 0.717) is 28.4 Å². The number of carbonyl (C=O) groups is 3. The molecule has 7 rings (SSSR count). The summed E-state index contributed by atoms with van der Waals surface area (Å²) < 4.78 is 23.1. The number of rotatable bonds is 4. The lowest BCUT2D eigenvalue weighted by molar-refractivity contribution is -0.131. The van der Waals surface area contributed by atoms with Gasteiger partial charge in [0.2, 0.25) is 35.4 Å². The number of oxazole rings is 4. The molecule has 3 N–H and O–H groups in total. The Morgan fingerprint density at radius 3 is 2.14 bits per heavy atom. The van der Waals surface area contributed by atoms with Crippen LogP contribution >= 0.6 is 11.3 Å². The molecule has 15 nitrogen and oxygen atoms in total. The van der Waals surface area contributed by atoms with E-state index in [1.807, 2.05) is 19.9 Å². The Kier molecular flexibility index (Phi) is 8.91. The van der Waals surface area contributed by atoms with Crippen LogP contribution in [0, 0.1) is 11.8 Å². The van der Waals surface area contributed by atoms with Crippen molar-refractivity contribution in [2.24, 2.45) is 11.8 Å². The van der Waals surface area contributed by atoms with Gasteiger partial charge >= 0.3 is 0 Å². The minimum atomic E-state index is -1.04. The number of carbonyl (C=O) groups excluding carboxylic acids is 3. The summed E-state index contributed by atoms with van der Waals surface area (Å²) in [4.78, 5) is 64.0. The van der Waals surface area contributed by atoms with Crippen LogP contribution in [0.1, 0.15) is 50.5 Å². The second-order valence-electron chi connectivity index (χ2n) is 12.2. The lowest BCUT2D eigenvalue weighted by Crippen LogP contribution is -2.57. The molecule has 0 aliphatic carbocycles. The summed E-state index contributed by atoms with van der Waals surface area (Å²) in [7, 11) is 0. The zero-order chi connectivity index (χ0) is 35.8. The highest BCUT2D eigenvalue weighted by Gasteiger charge is 2.34. The van der Waals surface area contributed by atoms with Crippen LogP contribution in [0.2, 0.25) is 0 Å². The maximum atomic E-state index is 14.0. The Bertz CT molecular complexity index is 2240. The molecule has 10 bridgehead atoms. The van der Waals surface area contributed by atoms with Crippen molar-refractivity contribution in [2.75, 3.05) is 0 Å². The number of fused-ring (bicyclic) bond motifs is 14. The molecule has 6 heterocycles. The van der Waals surface area contributed by atoms with E-state index in [1.54, 1.807) is 43.5 Å². The molecule has 0 radical (unpaired) electrons. The number of nitrogens with zero attached hydrogens (tertiary/aromatic N) is 5. The summed E-state index contributed by atoms with van der Waals surface area (Å²) in [5, 5.41) is 10.6. The molecular formula is C35H32N8O7S. The minimum absolute atomic E-state index is 0.0172. The fraction of sp³-hybridized carbons (Fsp3) is 0.257. The number of benzene rings is 1. The van der Waals surface area contributed by atoms with E-state index in [1.165, 1.54) is 30.1 Å². The molecular weight excluding hydrogens is 677 g/mol. The molecule has 51 heavy (non-hydrogen) atoms. The summed E-state index contributed by atoms with van der Waals surface area (Å²) in [5.41, 5.74) is 1.92. The Morgan fingerprint density at radius 2 is 1.41 bits per heavy atom. The van der Waals surface area contributed by atoms with Gasteiger partial charge in [0.1, 0.15) is 47.3 Å². The first-order valence-electron chi connectivity index (χ1n) is 16.1. The van der Waals surface area contributed by atoms with Crippen molar-refractivity contribution in [1.29, 1.82) is 0 Å². The maximum Gasteiger partial charge on any atom is 0.274 e. The Labute approximate surface area is 294 Å². The van der Waals surface area contributed by atoms with Crippen molar-refractivity contribution in [3.8, 4) is 56.8 Å². The van der Waals surface area contributed by atoms with Crippen molar-refractivity contribution < 1.29 is 32.1 Å². The quantitative estimate of drug-likeness (QED) is 0.198. The van der Waals surface area contributed by atoms with Gasteiger partial charge in [0.15, 0.2) is 22.8 Å². The molecule has 260 valence electrons. The molecule has 3 atom stereocenters. The van der Waals surface area contributed by atoms with Crippen molar-refractivity contribution in [1.82, 2.24) is 40.9 Å². The van der Waals surface area contributed by atoms with Crippen molar-refractivity contribution in [3.05, 3.63) is 72.7 Å².